The molecule has 0 saturated carbocycles. The molecular weight excluding hydrogens is 504 g/mol. The monoisotopic (exact) mass is 546 g/mol. The van der Waals surface area contributed by atoms with Crippen LogP contribution in [0.5, 0.6) is 0 Å². The summed E-state index contributed by atoms with van der Waals surface area (Å²) in [6.07, 6.45) is 6.42. The number of nitrogens with zero attached hydrogens (tertiary/aromatic N) is 2. The van der Waals surface area contributed by atoms with Gasteiger partial charge in [-0.15, -0.1) is 13.2 Å². The summed E-state index contributed by atoms with van der Waals surface area (Å²) < 4.78 is 5.75. The molecule has 3 atom stereocenters. The SMILES string of the molecule is C=CC[C@@H](Cc1ccccc1)C(=O)OC[C@@H]1CCCN1C(=O)[C@H](CC=C)CC(=O)N(CCO)Cc1ccccc1. The molecule has 1 heterocycles. The minimum absolute atomic E-state index is 0.0270. The topological polar surface area (TPSA) is 87.2 Å². The third-order valence-electron chi connectivity index (χ3n) is 7.35. The lowest BCUT2D eigenvalue weighted by Gasteiger charge is -2.30. The Morgan fingerprint density at radius 3 is 2.23 bits per heavy atom. The molecule has 0 unspecified atom stereocenters. The first kappa shape index (κ1) is 30.8. The highest BCUT2D eigenvalue weighted by Gasteiger charge is 2.35. The first-order valence-electron chi connectivity index (χ1n) is 14.1. The predicted octanol–water partition coefficient (Wildman–Crippen LogP) is 4.56. The van der Waals surface area contributed by atoms with Crippen LogP contribution in [0.2, 0.25) is 0 Å². The lowest BCUT2D eigenvalue weighted by molar-refractivity contribution is -0.152. The number of esters is 1. The molecule has 1 aliphatic rings. The highest BCUT2D eigenvalue weighted by atomic mass is 16.5. The standard InChI is InChI=1S/C33H42N2O5/c1-3-12-28(23-31(37)34(20-21-36)24-27-16-9-6-10-17-27)32(38)35-19-11-18-30(35)25-40-33(39)29(13-4-2)22-26-14-7-5-8-15-26/h3-10,14-17,28-30,36H,1-2,11-13,18-25H2/t28-,29+,30+/m1/s1. The maximum Gasteiger partial charge on any atom is 0.309 e. The lowest BCUT2D eigenvalue weighted by Crippen LogP contribution is -2.44. The molecule has 3 rings (SSSR count). The molecule has 2 aromatic rings. The minimum atomic E-state index is -0.565. The van der Waals surface area contributed by atoms with Gasteiger partial charge in [-0.05, 0) is 43.2 Å². The van der Waals surface area contributed by atoms with E-state index in [4.69, 9.17) is 4.74 Å². The van der Waals surface area contributed by atoms with E-state index in [1.807, 2.05) is 60.7 Å². The van der Waals surface area contributed by atoms with E-state index in [0.717, 1.165) is 24.0 Å². The molecule has 214 valence electrons. The van der Waals surface area contributed by atoms with Crippen molar-refractivity contribution in [3.63, 3.8) is 0 Å². The van der Waals surface area contributed by atoms with Gasteiger partial charge >= 0.3 is 5.97 Å². The zero-order chi connectivity index (χ0) is 28.7. The molecule has 1 saturated heterocycles. The summed E-state index contributed by atoms with van der Waals surface area (Å²) in [5.41, 5.74) is 2.02. The van der Waals surface area contributed by atoms with Crippen LogP contribution in [0, 0.1) is 11.8 Å². The van der Waals surface area contributed by atoms with Gasteiger partial charge in [-0.2, -0.15) is 0 Å². The lowest BCUT2D eigenvalue weighted by atomic mass is 9.96. The van der Waals surface area contributed by atoms with Crippen LogP contribution in [-0.2, 0) is 32.1 Å². The van der Waals surface area contributed by atoms with E-state index in [1.165, 1.54) is 0 Å². The number of carbonyl (C=O) groups excluding carboxylic acids is 3. The summed E-state index contributed by atoms with van der Waals surface area (Å²) >= 11 is 0. The van der Waals surface area contributed by atoms with Crippen molar-refractivity contribution < 1.29 is 24.2 Å². The van der Waals surface area contributed by atoms with Gasteiger partial charge in [0.25, 0.3) is 0 Å². The normalized spacial score (nSPS) is 16.1. The molecule has 7 heteroatoms. The Hall–Kier alpha value is -3.71. The summed E-state index contributed by atoms with van der Waals surface area (Å²) in [5, 5.41) is 9.54. The van der Waals surface area contributed by atoms with Crippen molar-refractivity contribution in [2.24, 2.45) is 11.8 Å². The number of allylic oxidation sites excluding steroid dienone is 2. The number of benzene rings is 2. The second-order valence-corrected chi connectivity index (χ2v) is 10.3. The first-order chi connectivity index (χ1) is 19.5. The Morgan fingerprint density at radius 2 is 1.60 bits per heavy atom. The van der Waals surface area contributed by atoms with Gasteiger partial charge in [0.15, 0.2) is 0 Å². The van der Waals surface area contributed by atoms with Crippen molar-refractivity contribution >= 4 is 17.8 Å². The summed E-state index contributed by atoms with van der Waals surface area (Å²) in [4.78, 5) is 43.2. The van der Waals surface area contributed by atoms with E-state index < -0.39 is 5.92 Å². The van der Waals surface area contributed by atoms with E-state index in [9.17, 15) is 19.5 Å². The number of carbonyl (C=O) groups is 3. The zero-order valence-electron chi connectivity index (χ0n) is 23.3. The molecule has 0 bridgehead atoms. The van der Waals surface area contributed by atoms with Gasteiger partial charge in [0, 0.05) is 26.1 Å². The number of hydrogen-bond acceptors (Lipinski definition) is 5. The number of rotatable bonds is 16. The Bertz CT molecular complexity index is 1100. The van der Waals surface area contributed by atoms with Crippen LogP contribution in [0.4, 0.5) is 0 Å². The fraction of sp³-hybridized carbons (Fsp3) is 0.424. The van der Waals surface area contributed by atoms with E-state index >= 15 is 0 Å². The molecule has 1 fully saturated rings. The average molecular weight is 547 g/mol. The van der Waals surface area contributed by atoms with Gasteiger partial charge in [0.2, 0.25) is 11.8 Å². The first-order valence-corrected chi connectivity index (χ1v) is 14.1. The summed E-state index contributed by atoms with van der Waals surface area (Å²) in [6.45, 7) is 8.69. The zero-order valence-corrected chi connectivity index (χ0v) is 23.3. The number of likely N-dealkylation sites (tertiary alicyclic amines) is 1. The van der Waals surface area contributed by atoms with Crippen LogP contribution in [0.1, 0.15) is 43.2 Å². The number of aliphatic hydroxyl groups is 1. The molecule has 7 nitrogen and oxygen atoms in total. The predicted molar refractivity (Wildman–Crippen MR) is 156 cm³/mol. The molecule has 2 aromatic carbocycles. The van der Waals surface area contributed by atoms with Crippen molar-refractivity contribution in [1.82, 2.24) is 9.80 Å². The Labute approximate surface area is 238 Å². The third kappa shape index (κ3) is 9.19. The van der Waals surface area contributed by atoms with E-state index in [1.54, 1.807) is 22.0 Å². The van der Waals surface area contributed by atoms with Crippen molar-refractivity contribution in [3.05, 3.63) is 97.1 Å². The molecule has 1 N–H and O–H groups in total. The second-order valence-electron chi connectivity index (χ2n) is 10.3. The maximum atomic E-state index is 13.6. The van der Waals surface area contributed by atoms with Crippen LogP contribution in [0.25, 0.3) is 0 Å². The van der Waals surface area contributed by atoms with Crippen molar-refractivity contribution in [3.8, 4) is 0 Å². The minimum Gasteiger partial charge on any atom is -0.463 e. The van der Waals surface area contributed by atoms with E-state index in [-0.39, 0.29) is 55.9 Å². The van der Waals surface area contributed by atoms with Crippen LogP contribution < -0.4 is 0 Å². The van der Waals surface area contributed by atoms with Crippen LogP contribution >= 0.6 is 0 Å². The number of ether oxygens (including phenoxy) is 1. The molecule has 0 aliphatic carbocycles. The summed E-state index contributed by atoms with van der Waals surface area (Å²) in [6, 6.07) is 19.2. The van der Waals surface area contributed by atoms with Crippen LogP contribution in [-0.4, -0.2) is 65.0 Å². The summed E-state index contributed by atoms with van der Waals surface area (Å²) in [7, 11) is 0. The van der Waals surface area contributed by atoms with Crippen molar-refractivity contribution in [2.45, 2.75) is 51.1 Å². The Balaban J connectivity index is 1.61. The van der Waals surface area contributed by atoms with Gasteiger partial charge in [-0.1, -0.05) is 72.8 Å². The molecule has 2 amide bonds. The number of hydrogen-bond donors (Lipinski definition) is 1. The smallest absolute Gasteiger partial charge is 0.309 e. The van der Waals surface area contributed by atoms with Gasteiger partial charge in [0.1, 0.15) is 6.61 Å². The van der Waals surface area contributed by atoms with Crippen molar-refractivity contribution in [2.75, 3.05) is 26.3 Å². The fourth-order valence-corrected chi connectivity index (χ4v) is 5.22. The second kappa shape index (κ2) is 16.4. The maximum absolute atomic E-state index is 13.6. The highest BCUT2D eigenvalue weighted by molar-refractivity contribution is 5.86. The molecular formula is C33H42N2O5. The average Bonchev–Trinajstić information content (AvgIpc) is 3.44. The third-order valence-corrected chi connectivity index (χ3v) is 7.35. The highest BCUT2D eigenvalue weighted by Crippen LogP contribution is 2.25. The van der Waals surface area contributed by atoms with Gasteiger partial charge in [-0.25, -0.2) is 0 Å². The van der Waals surface area contributed by atoms with Gasteiger partial charge in [-0.3, -0.25) is 14.4 Å². The van der Waals surface area contributed by atoms with Gasteiger partial charge in [0.05, 0.1) is 24.5 Å². The number of amides is 2. The molecule has 0 radical (unpaired) electrons. The largest absolute Gasteiger partial charge is 0.463 e. The van der Waals surface area contributed by atoms with E-state index in [0.29, 0.717) is 32.4 Å². The van der Waals surface area contributed by atoms with E-state index in [2.05, 4.69) is 13.2 Å². The van der Waals surface area contributed by atoms with Crippen molar-refractivity contribution in [1.29, 1.82) is 0 Å². The van der Waals surface area contributed by atoms with Crippen LogP contribution in [0.3, 0.4) is 0 Å². The molecule has 0 aromatic heterocycles. The quantitative estimate of drug-likeness (QED) is 0.246. The number of aliphatic hydroxyl groups excluding tert-OH is 1. The van der Waals surface area contributed by atoms with Crippen LogP contribution in [0.15, 0.2) is 86.0 Å². The fourth-order valence-electron chi connectivity index (χ4n) is 5.22. The Morgan fingerprint density at radius 1 is 0.975 bits per heavy atom. The Kier molecular flexibility index (Phi) is 12.6. The summed E-state index contributed by atoms with van der Waals surface area (Å²) in [5.74, 6) is -1.50. The molecule has 40 heavy (non-hydrogen) atoms. The molecule has 1 aliphatic heterocycles. The van der Waals surface area contributed by atoms with Gasteiger partial charge < -0.3 is 19.6 Å². The molecule has 0 spiro atoms.